The van der Waals surface area contributed by atoms with Crippen LogP contribution in [-0.2, 0) is 0 Å². The topological polar surface area (TPSA) is 0 Å². The highest BCUT2D eigenvalue weighted by Gasteiger charge is 2.38. The van der Waals surface area contributed by atoms with E-state index in [1.807, 2.05) is 0 Å². The number of hydrogen-bond acceptors (Lipinski definition) is 0. The van der Waals surface area contributed by atoms with Gasteiger partial charge < -0.3 is 0 Å². The lowest BCUT2D eigenvalue weighted by atomic mass is 10.1. The van der Waals surface area contributed by atoms with Crippen LogP contribution in [0.3, 0.4) is 0 Å². The van der Waals surface area contributed by atoms with E-state index in [9.17, 15) is 0 Å². The van der Waals surface area contributed by atoms with E-state index in [-0.39, 0.29) is 0 Å². The summed E-state index contributed by atoms with van der Waals surface area (Å²) in [6.07, 6.45) is 21.5. The van der Waals surface area contributed by atoms with Crippen molar-refractivity contribution in [2.24, 2.45) is 0 Å². The van der Waals surface area contributed by atoms with Crippen LogP contribution in [0, 0.1) is 0 Å². The van der Waals surface area contributed by atoms with E-state index in [1.54, 1.807) is 11.1 Å². The fraction of sp³-hybridized carbons (Fsp3) is 0.529. The molecule has 0 aromatic rings. The Morgan fingerprint density at radius 3 is 1.94 bits per heavy atom. The highest BCUT2D eigenvalue weighted by Crippen LogP contribution is 2.46. The maximum Gasteiger partial charge on any atom is 0.0699 e. The van der Waals surface area contributed by atoms with Gasteiger partial charge in [0.1, 0.15) is 0 Å². The lowest BCUT2D eigenvalue weighted by Gasteiger charge is -2.31. The SMILES string of the molecule is C[Si](C)(C1C=CC=C1)C1C=C2CCCCCC2=C1. The molecule has 0 saturated heterocycles. The second-order valence-corrected chi connectivity index (χ2v) is 11.6. The summed E-state index contributed by atoms with van der Waals surface area (Å²) in [4.78, 5) is 0. The normalized spacial score (nSPS) is 25.0. The van der Waals surface area contributed by atoms with Crippen LogP contribution in [0.4, 0.5) is 0 Å². The second kappa shape index (κ2) is 4.69. The van der Waals surface area contributed by atoms with Gasteiger partial charge in [0, 0.05) is 0 Å². The molecule has 0 aromatic carbocycles. The molecule has 0 amide bonds. The first-order valence-corrected chi connectivity index (χ1v) is 10.6. The fourth-order valence-corrected chi connectivity index (χ4v) is 6.49. The third-order valence-electron chi connectivity index (χ3n) is 5.03. The molecule has 0 N–H and O–H groups in total. The van der Waals surface area contributed by atoms with Crippen LogP contribution in [0.5, 0.6) is 0 Å². The molecule has 1 heteroatoms. The first-order valence-electron chi connectivity index (χ1n) is 7.45. The zero-order chi connectivity index (χ0) is 12.6. The Balaban J connectivity index is 1.84. The molecule has 0 spiro atoms. The second-order valence-electron chi connectivity index (χ2n) is 6.59. The van der Waals surface area contributed by atoms with Crippen molar-refractivity contribution in [3.8, 4) is 0 Å². The molecule has 0 unspecified atom stereocenters. The average Bonchev–Trinajstić information content (AvgIpc) is 2.96. The van der Waals surface area contributed by atoms with Crippen LogP contribution < -0.4 is 0 Å². The minimum Gasteiger partial charge on any atom is -0.0803 e. The van der Waals surface area contributed by atoms with Crippen molar-refractivity contribution in [2.45, 2.75) is 56.3 Å². The van der Waals surface area contributed by atoms with Crippen molar-refractivity contribution < 1.29 is 0 Å². The Kier molecular flexibility index (Phi) is 3.19. The van der Waals surface area contributed by atoms with Crippen LogP contribution in [0.25, 0.3) is 0 Å². The molecular formula is C17H24Si. The summed E-state index contributed by atoms with van der Waals surface area (Å²) in [5.74, 6) is 0. The number of allylic oxidation sites excluding steroid dienone is 8. The molecule has 0 radical (unpaired) electrons. The monoisotopic (exact) mass is 256 g/mol. The first kappa shape index (κ1) is 12.2. The minimum atomic E-state index is -1.27. The third-order valence-corrected chi connectivity index (χ3v) is 9.19. The highest BCUT2D eigenvalue weighted by molar-refractivity contribution is 6.82. The van der Waals surface area contributed by atoms with E-state index >= 15 is 0 Å². The summed E-state index contributed by atoms with van der Waals surface area (Å²) in [6.45, 7) is 5.11. The van der Waals surface area contributed by atoms with Crippen molar-refractivity contribution in [3.63, 3.8) is 0 Å². The predicted molar refractivity (Wildman–Crippen MR) is 82.5 cm³/mol. The number of hydrogen-bond donors (Lipinski definition) is 0. The lowest BCUT2D eigenvalue weighted by molar-refractivity contribution is 0.717. The van der Waals surface area contributed by atoms with Crippen molar-refractivity contribution >= 4 is 8.07 Å². The Morgan fingerprint density at radius 2 is 1.39 bits per heavy atom. The molecule has 0 aliphatic heterocycles. The van der Waals surface area contributed by atoms with Crippen LogP contribution in [0.15, 0.2) is 47.6 Å². The van der Waals surface area contributed by atoms with Gasteiger partial charge in [-0.3, -0.25) is 0 Å². The molecular weight excluding hydrogens is 232 g/mol. The zero-order valence-electron chi connectivity index (χ0n) is 11.7. The number of fused-ring (bicyclic) bond motifs is 1. The summed E-state index contributed by atoms with van der Waals surface area (Å²) in [5, 5.41) is 0. The van der Waals surface area contributed by atoms with Gasteiger partial charge in [-0.2, -0.15) is 0 Å². The van der Waals surface area contributed by atoms with E-state index in [2.05, 4.69) is 49.6 Å². The molecule has 0 atom stereocenters. The summed E-state index contributed by atoms with van der Waals surface area (Å²) in [5.41, 5.74) is 4.89. The van der Waals surface area contributed by atoms with E-state index < -0.39 is 8.07 Å². The van der Waals surface area contributed by atoms with Crippen molar-refractivity contribution in [1.82, 2.24) is 0 Å². The molecule has 18 heavy (non-hydrogen) atoms. The Bertz CT molecular complexity index is 414. The van der Waals surface area contributed by atoms with Gasteiger partial charge in [-0.05, 0) is 47.9 Å². The van der Waals surface area contributed by atoms with Crippen LogP contribution in [0.1, 0.15) is 32.1 Å². The fourth-order valence-electron chi connectivity index (χ4n) is 3.57. The molecule has 1 saturated carbocycles. The molecule has 0 aromatic heterocycles. The van der Waals surface area contributed by atoms with Gasteiger partial charge in [-0.1, -0.05) is 56.0 Å². The molecule has 0 bridgehead atoms. The van der Waals surface area contributed by atoms with E-state index in [0.29, 0.717) is 0 Å². The summed E-state index contributed by atoms with van der Waals surface area (Å²) in [7, 11) is -1.27. The maximum absolute atomic E-state index is 2.63. The van der Waals surface area contributed by atoms with Crippen LogP contribution in [0.2, 0.25) is 24.2 Å². The zero-order valence-corrected chi connectivity index (χ0v) is 12.7. The Hall–Kier alpha value is -0.823. The molecule has 0 heterocycles. The van der Waals surface area contributed by atoms with Gasteiger partial charge in [-0.25, -0.2) is 0 Å². The van der Waals surface area contributed by atoms with Gasteiger partial charge >= 0.3 is 0 Å². The van der Waals surface area contributed by atoms with Gasteiger partial charge in [0.05, 0.1) is 8.07 Å². The van der Waals surface area contributed by atoms with E-state index in [4.69, 9.17) is 0 Å². The van der Waals surface area contributed by atoms with Gasteiger partial charge in [-0.15, -0.1) is 0 Å². The van der Waals surface area contributed by atoms with Crippen molar-refractivity contribution in [3.05, 3.63) is 47.6 Å². The molecule has 1 fully saturated rings. The van der Waals surface area contributed by atoms with Gasteiger partial charge in [0.25, 0.3) is 0 Å². The van der Waals surface area contributed by atoms with Gasteiger partial charge in [0.15, 0.2) is 0 Å². The molecule has 3 rings (SSSR count). The first-order chi connectivity index (χ1) is 8.68. The smallest absolute Gasteiger partial charge is 0.0699 e. The largest absolute Gasteiger partial charge is 0.0803 e. The summed E-state index contributed by atoms with van der Waals surface area (Å²) < 4.78 is 0. The maximum atomic E-state index is 2.63. The van der Waals surface area contributed by atoms with Crippen molar-refractivity contribution in [2.75, 3.05) is 0 Å². The molecule has 3 aliphatic rings. The molecule has 0 nitrogen and oxygen atoms in total. The van der Waals surface area contributed by atoms with E-state index in [1.165, 1.54) is 32.1 Å². The van der Waals surface area contributed by atoms with E-state index in [0.717, 1.165) is 11.1 Å². The van der Waals surface area contributed by atoms with Crippen LogP contribution >= 0.6 is 0 Å². The average molecular weight is 256 g/mol. The van der Waals surface area contributed by atoms with Gasteiger partial charge in [0.2, 0.25) is 0 Å². The standard InChI is InChI=1S/C17H24Si/c1-18(2,16-10-6-7-11-16)17-12-14-8-4-3-5-9-15(14)13-17/h6-7,10-13,16-17H,3-5,8-9H2,1-2H3. The lowest BCUT2D eigenvalue weighted by Crippen LogP contribution is -2.34. The summed E-state index contributed by atoms with van der Waals surface area (Å²) >= 11 is 0. The molecule has 3 aliphatic carbocycles. The summed E-state index contributed by atoms with van der Waals surface area (Å²) in [6, 6.07) is 0. The Morgan fingerprint density at radius 1 is 0.833 bits per heavy atom. The highest BCUT2D eigenvalue weighted by atomic mass is 28.3. The Labute approximate surface area is 112 Å². The number of rotatable bonds is 2. The predicted octanol–water partition coefficient (Wildman–Crippen LogP) is 5.39. The minimum absolute atomic E-state index is 0.735. The third kappa shape index (κ3) is 2.09. The molecule has 96 valence electrons. The van der Waals surface area contributed by atoms with Crippen LogP contribution in [-0.4, -0.2) is 8.07 Å². The van der Waals surface area contributed by atoms with Crippen molar-refractivity contribution in [1.29, 1.82) is 0 Å². The quantitative estimate of drug-likeness (QED) is 0.581.